The molecule has 1 saturated heterocycles. The van der Waals surface area contributed by atoms with Crippen LogP contribution in [0.5, 0.6) is 0 Å². The first-order valence-corrected chi connectivity index (χ1v) is 7.64. The van der Waals surface area contributed by atoms with Crippen LogP contribution in [0.25, 0.3) is 0 Å². The van der Waals surface area contributed by atoms with E-state index in [0.717, 1.165) is 0 Å². The van der Waals surface area contributed by atoms with Gasteiger partial charge < -0.3 is 29.2 Å². The molecule has 5 unspecified atom stereocenters. The van der Waals surface area contributed by atoms with Gasteiger partial charge in [0, 0.05) is 13.7 Å². The second kappa shape index (κ2) is 9.02. The van der Waals surface area contributed by atoms with Crippen LogP contribution in [-0.4, -0.2) is 73.3 Å². The van der Waals surface area contributed by atoms with Crippen molar-refractivity contribution in [1.82, 2.24) is 0 Å². The van der Waals surface area contributed by atoms with Gasteiger partial charge in [0.2, 0.25) is 0 Å². The van der Waals surface area contributed by atoms with Gasteiger partial charge in [-0.25, -0.2) is 0 Å². The molecule has 126 valence electrons. The fraction of sp³-hybridized carbons (Fsp3) is 1.00. The summed E-state index contributed by atoms with van der Waals surface area (Å²) in [5, 5.41) is 20.5. The van der Waals surface area contributed by atoms with E-state index in [1.165, 1.54) is 0 Å². The smallest absolute Gasteiger partial charge is 0.115 e. The third-order valence-electron chi connectivity index (χ3n) is 3.40. The van der Waals surface area contributed by atoms with Crippen molar-refractivity contribution in [2.45, 2.75) is 76.8 Å². The molecule has 2 N–H and O–H groups in total. The van der Waals surface area contributed by atoms with Crippen LogP contribution >= 0.6 is 0 Å². The van der Waals surface area contributed by atoms with E-state index in [2.05, 4.69) is 0 Å². The molecule has 0 radical (unpaired) electrons. The summed E-state index contributed by atoms with van der Waals surface area (Å²) in [5.74, 6) is 0. The van der Waals surface area contributed by atoms with Gasteiger partial charge in [0.15, 0.2) is 0 Å². The van der Waals surface area contributed by atoms with Crippen molar-refractivity contribution < 1.29 is 29.2 Å². The standard InChI is InChI=1S/C15H30O6/c1-9(2)19-7-6-11-13(16)14(17)15(20-10(3)4)12(21-11)8-18-5/h9-17H,6-8H2,1-5H3. The van der Waals surface area contributed by atoms with E-state index < -0.39 is 30.5 Å². The highest BCUT2D eigenvalue weighted by molar-refractivity contribution is 4.93. The first-order valence-electron chi connectivity index (χ1n) is 7.64. The molecule has 0 aromatic heterocycles. The van der Waals surface area contributed by atoms with Gasteiger partial charge in [-0.15, -0.1) is 0 Å². The lowest BCUT2D eigenvalue weighted by molar-refractivity contribution is -0.252. The molecule has 0 spiro atoms. The molecule has 1 fully saturated rings. The van der Waals surface area contributed by atoms with Crippen molar-refractivity contribution >= 4 is 0 Å². The lowest BCUT2D eigenvalue weighted by Gasteiger charge is -2.43. The molecular weight excluding hydrogens is 276 g/mol. The summed E-state index contributed by atoms with van der Waals surface area (Å²) in [6.45, 7) is 8.45. The summed E-state index contributed by atoms with van der Waals surface area (Å²) in [7, 11) is 1.57. The van der Waals surface area contributed by atoms with Crippen molar-refractivity contribution in [3.63, 3.8) is 0 Å². The summed E-state index contributed by atoms with van der Waals surface area (Å²) in [6.07, 6.45) is -2.88. The fourth-order valence-electron chi connectivity index (χ4n) is 2.46. The Labute approximate surface area is 127 Å². The molecule has 0 aromatic rings. The van der Waals surface area contributed by atoms with E-state index in [4.69, 9.17) is 18.9 Å². The SMILES string of the molecule is COCC1OC(CCOC(C)C)C(O)C(O)C1OC(C)C. The first kappa shape index (κ1) is 18.8. The Morgan fingerprint density at radius 3 is 2.19 bits per heavy atom. The molecule has 5 atom stereocenters. The lowest BCUT2D eigenvalue weighted by atomic mass is 9.93. The topological polar surface area (TPSA) is 77.4 Å². The van der Waals surface area contributed by atoms with Gasteiger partial charge >= 0.3 is 0 Å². The van der Waals surface area contributed by atoms with Crippen LogP contribution in [0.15, 0.2) is 0 Å². The fourth-order valence-corrected chi connectivity index (χ4v) is 2.46. The lowest BCUT2D eigenvalue weighted by Crippen LogP contribution is -2.60. The minimum Gasteiger partial charge on any atom is -0.388 e. The van der Waals surface area contributed by atoms with Crippen LogP contribution in [-0.2, 0) is 18.9 Å². The summed E-state index contributed by atoms with van der Waals surface area (Å²) in [5.41, 5.74) is 0. The Bertz CT molecular complexity index is 283. The van der Waals surface area contributed by atoms with E-state index in [0.29, 0.717) is 19.6 Å². The summed E-state index contributed by atoms with van der Waals surface area (Å²) >= 11 is 0. The highest BCUT2D eigenvalue weighted by Crippen LogP contribution is 2.26. The number of aliphatic hydroxyl groups excluding tert-OH is 2. The number of rotatable bonds is 8. The van der Waals surface area contributed by atoms with E-state index in [-0.39, 0.29) is 12.2 Å². The molecule has 0 bridgehead atoms. The summed E-state index contributed by atoms with van der Waals surface area (Å²) in [4.78, 5) is 0. The van der Waals surface area contributed by atoms with Gasteiger partial charge in [-0.3, -0.25) is 0 Å². The summed E-state index contributed by atoms with van der Waals surface area (Å²) in [6, 6.07) is 0. The van der Waals surface area contributed by atoms with Crippen LogP contribution in [0.4, 0.5) is 0 Å². The van der Waals surface area contributed by atoms with Gasteiger partial charge in [0.1, 0.15) is 24.4 Å². The van der Waals surface area contributed by atoms with Crippen molar-refractivity contribution in [3.8, 4) is 0 Å². The zero-order valence-electron chi connectivity index (χ0n) is 13.7. The van der Waals surface area contributed by atoms with Crippen molar-refractivity contribution in [2.75, 3.05) is 20.3 Å². The van der Waals surface area contributed by atoms with Crippen molar-refractivity contribution in [1.29, 1.82) is 0 Å². The molecule has 0 amide bonds. The van der Waals surface area contributed by atoms with Gasteiger partial charge in [-0.1, -0.05) is 0 Å². The zero-order valence-corrected chi connectivity index (χ0v) is 13.7. The number of ether oxygens (including phenoxy) is 4. The van der Waals surface area contributed by atoms with Gasteiger partial charge in [0.05, 0.1) is 24.9 Å². The second-order valence-corrected chi connectivity index (χ2v) is 6.01. The molecule has 6 heteroatoms. The average Bonchev–Trinajstić information content (AvgIpc) is 2.39. The monoisotopic (exact) mass is 306 g/mol. The van der Waals surface area contributed by atoms with Crippen LogP contribution in [0.2, 0.25) is 0 Å². The van der Waals surface area contributed by atoms with E-state index >= 15 is 0 Å². The number of aliphatic hydroxyl groups is 2. The second-order valence-electron chi connectivity index (χ2n) is 6.01. The predicted molar refractivity (Wildman–Crippen MR) is 78.3 cm³/mol. The Morgan fingerprint density at radius 1 is 1.00 bits per heavy atom. The highest BCUT2D eigenvalue weighted by Gasteiger charge is 2.45. The Kier molecular flexibility index (Phi) is 8.08. The van der Waals surface area contributed by atoms with E-state index in [9.17, 15) is 10.2 Å². The van der Waals surface area contributed by atoms with Gasteiger partial charge in [-0.05, 0) is 34.1 Å². The molecule has 1 rings (SSSR count). The van der Waals surface area contributed by atoms with Crippen LogP contribution in [0.3, 0.4) is 0 Å². The van der Waals surface area contributed by atoms with Gasteiger partial charge in [-0.2, -0.15) is 0 Å². The number of hydrogen-bond donors (Lipinski definition) is 2. The molecule has 1 aliphatic heterocycles. The van der Waals surface area contributed by atoms with E-state index in [1.807, 2.05) is 27.7 Å². The maximum Gasteiger partial charge on any atom is 0.115 e. The largest absolute Gasteiger partial charge is 0.388 e. The molecule has 0 aromatic carbocycles. The highest BCUT2D eigenvalue weighted by atomic mass is 16.6. The molecule has 6 nitrogen and oxygen atoms in total. The predicted octanol–water partition coefficient (Wildman–Crippen LogP) is 0.731. The van der Waals surface area contributed by atoms with Crippen LogP contribution in [0, 0.1) is 0 Å². The minimum atomic E-state index is -0.995. The molecular formula is C15H30O6. The summed E-state index contributed by atoms with van der Waals surface area (Å²) < 4.78 is 22.2. The van der Waals surface area contributed by atoms with Crippen molar-refractivity contribution in [3.05, 3.63) is 0 Å². The third kappa shape index (κ3) is 5.81. The molecule has 21 heavy (non-hydrogen) atoms. The zero-order chi connectivity index (χ0) is 16.0. The number of methoxy groups -OCH3 is 1. The average molecular weight is 306 g/mol. The van der Waals surface area contributed by atoms with Crippen LogP contribution < -0.4 is 0 Å². The Hall–Kier alpha value is -0.240. The maximum atomic E-state index is 10.3. The van der Waals surface area contributed by atoms with Crippen molar-refractivity contribution in [2.24, 2.45) is 0 Å². The Balaban J connectivity index is 2.65. The van der Waals surface area contributed by atoms with E-state index in [1.54, 1.807) is 7.11 Å². The van der Waals surface area contributed by atoms with Gasteiger partial charge in [0.25, 0.3) is 0 Å². The minimum absolute atomic E-state index is 0.0689. The normalized spacial score (nSPS) is 33.9. The number of hydrogen-bond acceptors (Lipinski definition) is 6. The quantitative estimate of drug-likeness (QED) is 0.688. The Morgan fingerprint density at radius 2 is 1.67 bits per heavy atom. The maximum absolute atomic E-state index is 10.3. The first-order chi connectivity index (χ1) is 9.86. The molecule has 0 saturated carbocycles. The molecule has 0 aliphatic carbocycles. The third-order valence-corrected chi connectivity index (χ3v) is 3.40. The van der Waals surface area contributed by atoms with Crippen LogP contribution in [0.1, 0.15) is 34.1 Å². The molecule has 1 aliphatic rings. The molecule has 1 heterocycles.